The van der Waals surface area contributed by atoms with Crippen LogP contribution in [0, 0.1) is 0 Å². The molecule has 0 saturated carbocycles. The summed E-state index contributed by atoms with van der Waals surface area (Å²) in [5.74, 6) is 0.0729. The summed E-state index contributed by atoms with van der Waals surface area (Å²) >= 11 is 0. The van der Waals surface area contributed by atoms with Crippen molar-refractivity contribution in [3.63, 3.8) is 0 Å². The number of aromatic amines is 1. The molecule has 20 heavy (non-hydrogen) atoms. The van der Waals surface area contributed by atoms with Gasteiger partial charge >= 0.3 is 5.97 Å². The van der Waals surface area contributed by atoms with E-state index in [4.69, 9.17) is 9.47 Å². The molecule has 0 spiro atoms. The largest absolute Gasteiger partial charge is 0.497 e. The van der Waals surface area contributed by atoms with Gasteiger partial charge < -0.3 is 14.5 Å². The van der Waals surface area contributed by atoms with Crippen LogP contribution in [0.1, 0.15) is 17.3 Å². The molecule has 0 aliphatic rings. The van der Waals surface area contributed by atoms with Gasteiger partial charge in [0.1, 0.15) is 11.3 Å². The van der Waals surface area contributed by atoms with Crippen molar-refractivity contribution in [3.8, 4) is 17.0 Å². The molecule has 0 atom stereocenters. The fourth-order valence-electron chi connectivity index (χ4n) is 1.80. The van der Waals surface area contributed by atoms with Gasteiger partial charge in [0, 0.05) is 11.3 Å². The number of esters is 1. The van der Waals surface area contributed by atoms with Gasteiger partial charge in [-0.25, -0.2) is 4.79 Å². The lowest BCUT2D eigenvalue weighted by Gasteiger charge is -2.06. The van der Waals surface area contributed by atoms with E-state index in [1.165, 1.54) is 6.07 Å². The fraction of sp³-hybridized carbons (Fsp3) is 0.200. The predicted molar refractivity (Wildman–Crippen MR) is 75.0 cm³/mol. The standard InChI is InChI=1S/C15H15NO4/c1-3-20-15(18)12-7-8-13(16-14(12)17)10-5-4-6-11(9-10)19-2/h4-9H,3H2,1-2H3,(H,16,17). The average molecular weight is 273 g/mol. The average Bonchev–Trinajstić information content (AvgIpc) is 2.47. The highest BCUT2D eigenvalue weighted by Crippen LogP contribution is 2.21. The second-order valence-electron chi connectivity index (χ2n) is 4.07. The van der Waals surface area contributed by atoms with Crippen LogP contribution >= 0.6 is 0 Å². The van der Waals surface area contributed by atoms with E-state index in [2.05, 4.69) is 4.98 Å². The Morgan fingerprint density at radius 2 is 2.05 bits per heavy atom. The van der Waals surface area contributed by atoms with E-state index < -0.39 is 11.5 Å². The van der Waals surface area contributed by atoms with Gasteiger partial charge in [0.15, 0.2) is 0 Å². The number of carbonyl (C=O) groups excluding carboxylic acids is 1. The van der Waals surface area contributed by atoms with Crippen LogP contribution in [-0.4, -0.2) is 24.7 Å². The number of nitrogens with one attached hydrogen (secondary N) is 1. The first-order valence-electron chi connectivity index (χ1n) is 6.20. The number of methoxy groups -OCH3 is 1. The maximum atomic E-state index is 11.9. The van der Waals surface area contributed by atoms with Crippen molar-refractivity contribution in [2.24, 2.45) is 0 Å². The Kier molecular flexibility index (Phi) is 4.20. The van der Waals surface area contributed by atoms with E-state index in [0.29, 0.717) is 11.4 Å². The van der Waals surface area contributed by atoms with E-state index in [-0.39, 0.29) is 12.2 Å². The van der Waals surface area contributed by atoms with Crippen LogP contribution < -0.4 is 10.3 Å². The lowest BCUT2D eigenvalue weighted by Crippen LogP contribution is -2.19. The molecule has 1 heterocycles. The van der Waals surface area contributed by atoms with Crippen molar-refractivity contribution in [3.05, 3.63) is 52.3 Å². The zero-order valence-corrected chi connectivity index (χ0v) is 11.3. The number of hydrogen-bond acceptors (Lipinski definition) is 4. The SMILES string of the molecule is CCOC(=O)c1ccc(-c2cccc(OC)c2)[nH]c1=O. The van der Waals surface area contributed by atoms with Crippen LogP contribution in [0.25, 0.3) is 11.3 Å². The van der Waals surface area contributed by atoms with Crippen LogP contribution in [0.3, 0.4) is 0 Å². The van der Waals surface area contributed by atoms with Gasteiger partial charge in [-0.1, -0.05) is 12.1 Å². The van der Waals surface area contributed by atoms with Crippen LogP contribution in [0.4, 0.5) is 0 Å². The number of ether oxygens (including phenoxy) is 2. The normalized spacial score (nSPS) is 10.1. The number of hydrogen-bond donors (Lipinski definition) is 1. The summed E-state index contributed by atoms with van der Waals surface area (Å²) in [7, 11) is 1.58. The molecule has 0 unspecified atom stereocenters. The third-order valence-corrected chi connectivity index (χ3v) is 2.79. The van der Waals surface area contributed by atoms with Gasteiger partial charge in [0.05, 0.1) is 13.7 Å². The molecule has 0 fully saturated rings. The monoisotopic (exact) mass is 273 g/mol. The van der Waals surface area contributed by atoms with Gasteiger partial charge in [0.25, 0.3) is 5.56 Å². The van der Waals surface area contributed by atoms with Crippen LogP contribution in [0.15, 0.2) is 41.2 Å². The first-order chi connectivity index (χ1) is 9.65. The Morgan fingerprint density at radius 3 is 2.70 bits per heavy atom. The van der Waals surface area contributed by atoms with Gasteiger partial charge in [-0.05, 0) is 31.2 Å². The summed E-state index contributed by atoms with van der Waals surface area (Å²) in [6.45, 7) is 1.92. The quantitative estimate of drug-likeness (QED) is 0.867. The van der Waals surface area contributed by atoms with Crippen LogP contribution in [0.5, 0.6) is 5.75 Å². The summed E-state index contributed by atoms with van der Waals surface area (Å²) in [5.41, 5.74) is 0.945. The molecule has 2 rings (SSSR count). The molecule has 104 valence electrons. The first kappa shape index (κ1) is 13.9. The van der Waals surface area contributed by atoms with Crippen molar-refractivity contribution in [2.75, 3.05) is 13.7 Å². The van der Waals surface area contributed by atoms with Gasteiger partial charge in [0.2, 0.25) is 0 Å². The molecule has 2 aromatic rings. The number of aromatic nitrogens is 1. The first-order valence-corrected chi connectivity index (χ1v) is 6.20. The molecule has 1 aromatic heterocycles. The molecule has 0 bridgehead atoms. The van der Waals surface area contributed by atoms with Crippen molar-refractivity contribution in [1.29, 1.82) is 0 Å². The Bertz CT molecular complexity index is 676. The molecule has 1 N–H and O–H groups in total. The van der Waals surface area contributed by atoms with E-state index in [9.17, 15) is 9.59 Å². The van der Waals surface area contributed by atoms with Crippen LogP contribution in [-0.2, 0) is 4.74 Å². The number of benzene rings is 1. The van der Waals surface area contributed by atoms with Crippen molar-refractivity contribution in [2.45, 2.75) is 6.92 Å². The zero-order chi connectivity index (χ0) is 14.5. The van der Waals surface area contributed by atoms with E-state index >= 15 is 0 Å². The maximum Gasteiger partial charge on any atom is 0.343 e. The molecule has 0 saturated heterocycles. The minimum Gasteiger partial charge on any atom is -0.497 e. The third-order valence-electron chi connectivity index (χ3n) is 2.79. The summed E-state index contributed by atoms with van der Waals surface area (Å²) in [4.78, 5) is 26.1. The minimum absolute atomic E-state index is 0.00139. The molecule has 5 nitrogen and oxygen atoms in total. The summed E-state index contributed by atoms with van der Waals surface area (Å²) < 4.78 is 9.95. The lowest BCUT2D eigenvalue weighted by atomic mass is 10.1. The van der Waals surface area contributed by atoms with E-state index in [1.807, 2.05) is 18.2 Å². The predicted octanol–water partition coefficient (Wildman–Crippen LogP) is 2.23. The van der Waals surface area contributed by atoms with Crippen LogP contribution in [0.2, 0.25) is 0 Å². The second kappa shape index (κ2) is 6.06. The highest BCUT2D eigenvalue weighted by atomic mass is 16.5. The molecule has 5 heteroatoms. The minimum atomic E-state index is -0.619. The Balaban J connectivity index is 2.38. The maximum absolute atomic E-state index is 11.9. The summed E-state index contributed by atoms with van der Waals surface area (Å²) in [6.07, 6.45) is 0. The lowest BCUT2D eigenvalue weighted by molar-refractivity contribution is 0.0524. The van der Waals surface area contributed by atoms with Crippen molar-refractivity contribution >= 4 is 5.97 Å². The van der Waals surface area contributed by atoms with Crippen molar-refractivity contribution < 1.29 is 14.3 Å². The number of carbonyl (C=O) groups is 1. The van der Waals surface area contributed by atoms with E-state index in [0.717, 1.165) is 5.56 Å². The smallest absolute Gasteiger partial charge is 0.343 e. The van der Waals surface area contributed by atoms with E-state index in [1.54, 1.807) is 26.2 Å². The zero-order valence-electron chi connectivity index (χ0n) is 11.3. The number of rotatable bonds is 4. The highest BCUT2D eigenvalue weighted by molar-refractivity contribution is 5.89. The molecule has 0 amide bonds. The highest BCUT2D eigenvalue weighted by Gasteiger charge is 2.12. The van der Waals surface area contributed by atoms with Crippen molar-refractivity contribution in [1.82, 2.24) is 4.98 Å². The fourth-order valence-corrected chi connectivity index (χ4v) is 1.80. The summed E-state index contributed by atoms with van der Waals surface area (Å²) in [6, 6.07) is 10.4. The second-order valence-corrected chi connectivity index (χ2v) is 4.07. The van der Waals surface area contributed by atoms with Gasteiger partial charge in [-0.2, -0.15) is 0 Å². The Labute approximate surface area is 116 Å². The Morgan fingerprint density at radius 1 is 1.25 bits per heavy atom. The third kappa shape index (κ3) is 2.88. The van der Waals surface area contributed by atoms with Gasteiger partial charge in [-0.3, -0.25) is 4.79 Å². The summed E-state index contributed by atoms with van der Waals surface area (Å²) in [5, 5.41) is 0. The van der Waals surface area contributed by atoms with Gasteiger partial charge in [-0.15, -0.1) is 0 Å². The molecular formula is C15H15NO4. The molecule has 0 aliphatic carbocycles. The molecular weight excluding hydrogens is 258 g/mol. The number of pyridine rings is 1. The topological polar surface area (TPSA) is 68.4 Å². The number of H-pyrrole nitrogens is 1. The Hall–Kier alpha value is -2.56. The molecule has 1 aromatic carbocycles. The molecule has 0 radical (unpaired) electrons. The molecule has 0 aliphatic heterocycles.